The summed E-state index contributed by atoms with van der Waals surface area (Å²) in [6, 6.07) is 28.6. The molecule has 1 N–H and O–H groups in total. The molecule has 0 bridgehead atoms. The van der Waals surface area contributed by atoms with Crippen LogP contribution in [0.5, 0.6) is 0 Å². The number of rotatable bonds is 0. The summed E-state index contributed by atoms with van der Waals surface area (Å²) in [5.74, 6) is 0.0403. The minimum atomic E-state index is 0.0403. The number of fused-ring (bicyclic) bond motifs is 6. The fourth-order valence-electron chi connectivity index (χ4n) is 4.10. The van der Waals surface area contributed by atoms with E-state index in [1.807, 2.05) is 42.5 Å². The van der Waals surface area contributed by atoms with Gasteiger partial charge in [-0.15, -0.1) is 0 Å². The van der Waals surface area contributed by atoms with E-state index >= 15 is 0 Å². The molecule has 0 saturated heterocycles. The van der Waals surface area contributed by atoms with Crippen LogP contribution in [0.15, 0.2) is 93.9 Å². The zero-order chi connectivity index (χ0) is 21.5. The molecule has 6 aromatic rings. The van der Waals surface area contributed by atoms with Crippen molar-refractivity contribution in [2.75, 3.05) is 0 Å². The van der Waals surface area contributed by atoms with E-state index < -0.39 is 0 Å². The van der Waals surface area contributed by atoms with Gasteiger partial charge in [0.15, 0.2) is 0 Å². The summed E-state index contributed by atoms with van der Waals surface area (Å²) in [5, 5.41) is 4.77. The Balaban J connectivity index is 0.000000134. The Hall–Kier alpha value is -2.89. The lowest BCUT2D eigenvalue weighted by molar-refractivity contribution is 0.0946. The molecule has 0 radical (unpaired) electrons. The Morgan fingerprint density at radius 1 is 0.677 bits per heavy atom. The highest BCUT2D eigenvalue weighted by atomic mass is 79.9. The van der Waals surface area contributed by atoms with Gasteiger partial charge in [-0.2, -0.15) is 0 Å². The molecule has 0 fully saturated rings. The van der Waals surface area contributed by atoms with Gasteiger partial charge in [0, 0.05) is 48.4 Å². The Kier molecular flexibility index (Phi) is 5.16. The third-order valence-corrected chi connectivity index (χ3v) is 6.40. The molecule has 0 aliphatic carbocycles. The molecule has 0 saturated carbocycles. The summed E-state index contributed by atoms with van der Waals surface area (Å²) in [5.41, 5.74) is 4.31. The molecular formula is C26H18Br2N2O. The van der Waals surface area contributed by atoms with E-state index in [1.54, 1.807) is 11.5 Å². The summed E-state index contributed by atoms with van der Waals surface area (Å²) in [6.45, 7) is 1.59. The van der Waals surface area contributed by atoms with E-state index in [2.05, 4.69) is 79.3 Å². The van der Waals surface area contributed by atoms with Gasteiger partial charge in [0.1, 0.15) is 0 Å². The number of carbonyl (C=O) groups is 1. The van der Waals surface area contributed by atoms with Gasteiger partial charge in [-0.25, -0.2) is 0 Å². The number of para-hydroxylation sites is 2. The first-order valence-corrected chi connectivity index (χ1v) is 11.5. The van der Waals surface area contributed by atoms with Crippen molar-refractivity contribution in [2.45, 2.75) is 6.92 Å². The number of nitrogens with one attached hydrogen (secondary N) is 1. The molecule has 31 heavy (non-hydrogen) atoms. The predicted molar refractivity (Wildman–Crippen MR) is 137 cm³/mol. The Labute approximate surface area is 195 Å². The highest BCUT2D eigenvalue weighted by Gasteiger charge is 2.12. The first kappa shape index (κ1) is 20.0. The van der Waals surface area contributed by atoms with Crippen molar-refractivity contribution >= 4 is 81.4 Å². The highest BCUT2D eigenvalue weighted by molar-refractivity contribution is 9.10. The number of benzene rings is 4. The molecule has 3 nitrogen and oxygen atoms in total. The molecule has 0 aliphatic rings. The van der Waals surface area contributed by atoms with Crippen LogP contribution >= 0.6 is 31.9 Å². The van der Waals surface area contributed by atoms with Crippen LogP contribution in [0.2, 0.25) is 0 Å². The van der Waals surface area contributed by atoms with E-state index in [1.165, 1.54) is 21.8 Å². The van der Waals surface area contributed by atoms with Crippen LogP contribution in [-0.4, -0.2) is 15.5 Å². The topological polar surface area (TPSA) is 37.8 Å². The standard InChI is InChI=1S/C14H10BrNO.C12H8BrN/c1-9(17)16-13-5-3-2-4-11(13)12-8-10(15)6-7-14(12)16;13-8-5-6-12-10(7-8)9-3-1-2-4-11(9)14-12/h2-8H,1H3;1-7,14H. The first-order valence-electron chi connectivity index (χ1n) is 9.88. The van der Waals surface area contributed by atoms with Gasteiger partial charge in [0.2, 0.25) is 5.91 Å². The fraction of sp³-hybridized carbons (Fsp3) is 0.0385. The maximum absolute atomic E-state index is 11.8. The Morgan fingerprint density at radius 2 is 1.26 bits per heavy atom. The van der Waals surface area contributed by atoms with Crippen molar-refractivity contribution in [2.24, 2.45) is 0 Å². The summed E-state index contributed by atoms with van der Waals surface area (Å²) in [6.07, 6.45) is 0. The average molecular weight is 534 g/mol. The molecule has 5 heteroatoms. The molecule has 2 heterocycles. The third-order valence-electron chi connectivity index (χ3n) is 5.42. The van der Waals surface area contributed by atoms with Crippen molar-refractivity contribution in [3.63, 3.8) is 0 Å². The van der Waals surface area contributed by atoms with Crippen LogP contribution in [-0.2, 0) is 0 Å². The average Bonchev–Trinajstić information content (AvgIpc) is 3.29. The van der Waals surface area contributed by atoms with Crippen LogP contribution in [0.25, 0.3) is 43.6 Å². The monoisotopic (exact) mass is 532 g/mol. The Morgan fingerprint density at radius 3 is 2.03 bits per heavy atom. The van der Waals surface area contributed by atoms with Crippen LogP contribution in [0.3, 0.4) is 0 Å². The summed E-state index contributed by atoms with van der Waals surface area (Å²) < 4.78 is 3.91. The highest BCUT2D eigenvalue weighted by Crippen LogP contribution is 2.31. The number of halogens is 2. The van der Waals surface area contributed by atoms with Gasteiger partial charge in [-0.3, -0.25) is 9.36 Å². The maximum atomic E-state index is 11.8. The number of hydrogen-bond acceptors (Lipinski definition) is 1. The van der Waals surface area contributed by atoms with Gasteiger partial charge in [-0.1, -0.05) is 68.3 Å². The fourth-order valence-corrected chi connectivity index (χ4v) is 4.83. The molecule has 2 aromatic heterocycles. The van der Waals surface area contributed by atoms with Crippen LogP contribution in [0.1, 0.15) is 11.7 Å². The lowest BCUT2D eigenvalue weighted by atomic mass is 10.2. The summed E-state index contributed by atoms with van der Waals surface area (Å²) in [4.78, 5) is 15.2. The Bertz CT molecular complexity index is 1590. The van der Waals surface area contributed by atoms with Gasteiger partial charge >= 0.3 is 0 Å². The predicted octanol–water partition coefficient (Wildman–Crippen LogP) is 8.30. The smallest absolute Gasteiger partial charge is 0.228 e. The normalized spacial score (nSPS) is 11.2. The second kappa shape index (κ2) is 7.98. The summed E-state index contributed by atoms with van der Waals surface area (Å²) >= 11 is 6.96. The number of H-pyrrole nitrogens is 1. The molecular weight excluding hydrogens is 516 g/mol. The van der Waals surface area contributed by atoms with E-state index in [-0.39, 0.29) is 5.91 Å². The van der Waals surface area contributed by atoms with Crippen LogP contribution < -0.4 is 0 Å². The van der Waals surface area contributed by atoms with Crippen LogP contribution in [0.4, 0.5) is 0 Å². The van der Waals surface area contributed by atoms with Crippen LogP contribution in [0, 0.1) is 0 Å². The first-order chi connectivity index (χ1) is 15.0. The minimum absolute atomic E-state index is 0.0403. The van der Waals surface area contributed by atoms with Crippen molar-refractivity contribution < 1.29 is 4.79 Å². The number of nitrogens with zero attached hydrogens (tertiary/aromatic N) is 1. The van der Waals surface area contributed by atoms with Gasteiger partial charge in [0.05, 0.1) is 11.0 Å². The quantitative estimate of drug-likeness (QED) is 0.209. The molecule has 0 amide bonds. The van der Waals surface area contributed by atoms with E-state index in [0.717, 1.165) is 30.8 Å². The number of hydrogen-bond donors (Lipinski definition) is 1. The largest absolute Gasteiger partial charge is 0.355 e. The minimum Gasteiger partial charge on any atom is -0.355 e. The second-order valence-corrected chi connectivity index (χ2v) is 9.22. The maximum Gasteiger partial charge on any atom is 0.228 e. The van der Waals surface area contributed by atoms with Gasteiger partial charge in [-0.05, 0) is 48.5 Å². The molecule has 0 aliphatic heterocycles. The van der Waals surface area contributed by atoms with E-state index in [4.69, 9.17) is 0 Å². The SMILES string of the molecule is Brc1ccc2[nH]c3ccccc3c2c1.CC(=O)n1c2ccccc2c2cc(Br)ccc21. The number of carbonyl (C=O) groups excluding carboxylic acids is 1. The zero-order valence-corrected chi connectivity index (χ0v) is 19.9. The van der Waals surface area contributed by atoms with Crippen molar-refractivity contribution in [3.8, 4) is 0 Å². The number of aromatic amines is 1. The van der Waals surface area contributed by atoms with Crippen molar-refractivity contribution in [1.29, 1.82) is 0 Å². The second-order valence-electron chi connectivity index (χ2n) is 7.39. The van der Waals surface area contributed by atoms with Crippen molar-refractivity contribution in [3.05, 3.63) is 93.9 Å². The van der Waals surface area contributed by atoms with Crippen molar-refractivity contribution in [1.82, 2.24) is 9.55 Å². The molecule has 0 unspecified atom stereocenters. The van der Waals surface area contributed by atoms with E-state index in [9.17, 15) is 4.79 Å². The molecule has 0 atom stereocenters. The van der Waals surface area contributed by atoms with Gasteiger partial charge in [0.25, 0.3) is 0 Å². The lowest BCUT2D eigenvalue weighted by Crippen LogP contribution is -2.04. The number of aromatic nitrogens is 2. The molecule has 0 spiro atoms. The third kappa shape index (κ3) is 3.58. The molecule has 4 aromatic carbocycles. The van der Waals surface area contributed by atoms with E-state index in [0.29, 0.717) is 0 Å². The zero-order valence-electron chi connectivity index (χ0n) is 16.7. The van der Waals surface area contributed by atoms with Gasteiger partial charge < -0.3 is 4.98 Å². The molecule has 152 valence electrons. The summed E-state index contributed by atoms with van der Waals surface area (Å²) in [7, 11) is 0. The lowest BCUT2D eigenvalue weighted by Gasteiger charge is -2.00. The molecule has 6 rings (SSSR count).